The molecule has 616 valence electrons. The van der Waals surface area contributed by atoms with Crippen LogP contribution < -0.4 is 51.4 Å². The molecule has 36 heteroatoms. The van der Waals surface area contributed by atoms with Gasteiger partial charge in [0, 0.05) is 158 Å². The van der Waals surface area contributed by atoms with Crippen molar-refractivity contribution in [3.63, 3.8) is 0 Å². The number of methoxy groups -OCH3 is 3. The van der Waals surface area contributed by atoms with Crippen molar-refractivity contribution in [1.29, 1.82) is 0 Å². The van der Waals surface area contributed by atoms with Crippen LogP contribution in [0.1, 0.15) is 102 Å². The van der Waals surface area contributed by atoms with E-state index in [0.29, 0.717) is 121 Å². The number of pyridine rings is 3. The van der Waals surface area contributed by atoms with E-state index in [9.17, 15) is 18.8 Å². The molecule has 16 rings (SSSR count). The molecule has 117 heavy (non-hydrogen) atoms. The van der Waals surface area contributed by atoms with Crippen LogP contribution in [-0.4, -0.2) is 260 Å². The average molecular weight is 1600 g/mol. The van der Waals surface area contributed by atoms with E-state index in [0.717, 1.165) is 145 Å². The highest BCUT2D eigenvalue weighted by molar-refractivity contribution is 5.99. The second kappa shape index (κ2) is 36.7. The van der Waals surface area contributed by atoms with Crippen molar-refractivity contribution in [2.75, 3.05) is 145 Å². The smallest absolute Gasteiger partial charge is 0.256 e. The van der Waals surface area contributed by atoms with Gasteiger partial charge < -0.3 is 56.2 Å². The third-order valence-electron chi connectivity index (χ3n) is 22.1. The normalized spacial score (nSPS) is 17.7. The molecule has 9 aromatic rings. The lowest BCUT2D eigenvalue weighted by Crippen LogP contribution is -2.59. The van der Waals surface area contributed by atoms with Crippen LogP contribution in [0.25, 0.3) is 16.7 Å². The number of alkyl halides is 1. The number of anilines is 9. The fraction of sp³-hybridized carbons (Fsp3) is 0.444. The number of hydrogen-bond donors (Lipinski definition) is 7. The van der Waals surface area contributed by atoms with Crippen molar-refractivity contribution >= 4 is 86.8 Å². The van der Waals surface area contributed by atoms with Gasteiger partial charge in [-0.05, 0) is 105 Å². The molecule has 0 aromatic carbocycles. The van der Waals surface area contributed by atoms with Crippen molar-refractivity contribution in [2.24, 2.45) is 21.1 Å². The molecular formula is C81H101F2N27O7. The van der Waals surface area contributed by atoms with Crippen LogP contribution in [0.3, 0.4) is 0 Å². The molecule has 4 fully saturated rings. The molecule has 0 bridgehead atoms. The molecule has 4 atom stereocenters. The first-order valence-corrected chi connectivity index (χ1v) is 39.5. The fourth-order valence-electron chi connectivity index (χ4n) is 15.8. The molecule has 34 nitrogen and oxygen atoms in total. The molecular weight excluding hydrogens is 1500 g/mol. The number of halogens is 2. The van der Waals surface area contributed by atoms with E-state index in [1.165, 1.54) is 7.11 Å². The van der Waals surface area contributed by atoms with Crippen LogP contribution in [0.4, 0.5) is 61.1 Å². The minimum atomic E-state index is -1.08. The standard InChI is InChI=1S/C28H34FN9O3.C27H34FN9O2.C26H33N9O2/c1-4-23(38-11-9-37(10-12-38)17-15-41-16-17)26(39)34-25-20-6-5-19(18(20)7-8-30-25)24-21(29)13-31-28(33-24)32-22-14-36(2)35-27(22)40-3;1-6-21(37-12-11-35(3)22(28)15-37)25(38)33-24-19-8-7-18(17(19)9-10-29-24)23-16(2)13-30-27(32-23)31-20-14-36(4)34-26(20)39-5;1-5-21(35-12-10-27-11-13-35)24(36)32-23-19-7-6-18(17(19)8-9-28-23)22-16(2)14-29-26(31-22)30-20-15-34(3)33-25(20)37-4/h5,7-8,13-14,17,23H,4,6,9-12,15-16H2,1-3H3,(H,30,34,39)(H,31,32,33);7,9-10,13-14,21-22H,6,8,11-12,15H2,1-5H3,(H,29,33,38)(H,30,31,32);6,8-9,14-15,21,27H,5,7,10-13H2,1-4H3,(H,28,32,36)(H,29,30,31). The maximum Gasteiger partial charge on any atom is 0.256 e. The van der Waals surface area contributed by atoms with Crippen molar-refractivity contribution in [1.82, 2.24) is 104 Å². The second-order valence-corrected chi connectivity index (χ2v) is 29.6. The Labute approximate surface area is 677 Å². The molecule has 9 aromatic heterocycles. The number of likely N-dealkylation sites (N-methyl/N-ethyl adjacent to an activating group) is 1. The van der Waals surface area contributed by atoms with E-state index >= 15 is 4.39 Å². The van der Waals surface area contributed by atoms with Gasteiger partial charge in [0.25, 0.3) is 17.6 Å². The molecule has 13 heterocycles. The Kier molecular flexibility index (Phi) is 25.7. The number of carbonyl (C=O) groups excluding carboxylic acids is 3. The van der Waals surface area contributed by atoms with Crippen molar-refractivity contribution < 1.29 is 42.1 Å². The quantitative estimate of drug-likeness (QED) is 0.0274. The van der Waals surface area contributed by atoms with E-state index in [-0.39, 0.29) is 48.0 Å². The van der Waals surface area contributed by atoms with Gasteiger partial charge in [0.2, 0.25) is 35.6 Å². The number of rotatable bonds is 25. The van der Waals surface area contributed by atoms with Gasteiger partial charge in [-0.15, -0.1) is 15.3 Å². The number of aromatic nitrogens is 15. The Balaban J connectivity index is 0.000000145. The first kappa shape index (κ1) is 81.9. The number of nitrogens with zero attached hydrogens (tertiary/aromatic N) is 20. The predicted molar refractivity (Wildman–Crippen MR) is 439 cm³/mol. The summed E-state index contributed by atoms with van der Waals surface area (Å²) in [7, 11) is 11.8. The molecule has 0 radical (unpaired) electrons. The van der Waals surface area contributed by atoms with Gasteiger partial charge in [-0.25, -0.2) is 53.6 Å². The fourth-order valence-corrected chi connectivity index (χ4v) is 15.8. The Morgan fingerprint density at radius 3 is 1.27 bits per heavy atom. The van der Waals surface area contributed by atoms with Gasteiger partial charge in [0.1, 0.15) is 40.2 Å². The summed E-state index contributed by atoms with van der Waals surface area (Å²) < 4.78 is 55.6. The molecule has 7 N–H and O–H groups in total. The summed E-state index contributed by atoms with van der Waals surface area (Å²) in [6.45, 7) is 20.1. The van der Waals surface area contributed by atoms with Crippen molar-refractivity contribution in [3.05, 3.63) is 160 Å². The Morgan fingerprint density at radius 1 is 0.513 bits per heavy atom. The predicted octanol–water partition coefficient (Wildman–Crippen LogP) is 7.41. The molecule has 0 spiro atoms. The minimum Gasteiger partial charge on any atom is -0.478 e. The Morgan fingerprint density at radius 2 is 0.889 bits per heavy atom. The minimum absolute atomic E-state index is 0.00568. The van der Waals surface area contributed by atoms with Gasteiger partial charge in [-0.1, -0.05) is 39.0 Å². The second-order valence-electron chi connectivity index (χ2n) is 29.6. The summed E-state index contributed by atoms with van der Waals surface area (Å²) in [6.07, 6.45) is 24.0. The maximum absolute atomic E-state index is 15.0. The van der Waals surface area contributed by atoms with Gasteiger partial charge >= 0.3 is 0 Å². The SMILES string of the molecule is CCC(C(=O)Nc1nccc2c1CC=C2c1nc(Nc2cn(C)nc2OC)ncc1C)N1CCN(C)C(F)C1.CCC(C(=O)Nc1nccc2c1CC=C2c1nc(Nc2cn(C)nc2OC)ncc1C)N1CCNCC1.CCC(C(=O)Nc1nccc2c1CC=C2c1nc(Nc2cn(C)nc2OC)ncc1F)N1CCN(C2COC2)CC1. The van der Waals surface area contributed by atoms with Crippen molar-refractivity contribution in [3.8, 4) is 17.6 Å². The Bertz CT molecular complexity index is 5200. The van der Waals surface area contributed by atoms with E-state index in [1.807, 2.05) is 77.2 Å². The highest BCUT2D eigenvalue weighted by Crippen LogP contribution is 2.41. The summed E-state index contributed by atoms with van der Waals surface area (Å²) >= 11 is 0. The number of carbonyl (C=O) groups is 3. The van der Waals surface area contributed by atoms with E-state index in [2.05, 4.69) is 121 Å². The highest BCUT2D eigenvalue weighted by atomic mass is 19.1. The zero-order valence-electron chi connectivity index (χ0n) is 68.0. The van der Waals surface area contributed by atoms with E-state index in [4.69, 9.17) is 28.9 Å². The monoisotopic (exact) mass is 1600 g/mol. The molecule has 4 aliphatic heterocycles. The Hall–Kier alpha value is -11.7. The number of piperazine rings is 3. The number of amides is 3. The van der Waals surface area contributed by atoms with Crippen LogP contribution in [-0.2, 0) is 59.5 Å². The molecule has 0 saturated carbocycles. The first-order valence-electron chi connectivity index (χ1n) is 39.5. The average Bonchev–Trinajstić information content (AvgIpc) is 1.65. The van der Waals surface area contributed by atoms with Crippen molar-refractivity contribution in [2.45, 2.75) is 104 Å². The van der Waals surface area contributed by atoms with Crippen LogP contribution in [0.15, 0.2) is 92.2 Å². The lowest BCUT2D eigenvalue weighted by molar-refractivity contribution is -0.124. The number of nitrogens with one attached hydrogen (secondary N) is 7. The van der Waals surface area contributed by atoms with Gasteiger partial charge in [0.05, 0.1) is 94.9 Å². The van der Waals surface area contributed by atoms with Crippen LogP contribution in [0.5, 0.6) is 17.6 Å². The zero-order valence-corrected chi connectivity index (χ0v) is 68.0. The third kappa shape index (κ3) is 18.2. The number of hydrogen-bond acceptors (Lipinski definition) is 28. The maximum atomic E-state index is 15.0. The summed E-state index contributed by atoms with van der Waals surface area (Å²) in [4.78, 5) is 91.1. The largest absolute Gasteiger partial charge is 0.478 e. The lowest BCUT2D eigenvalue weighted by Gasteiger charge is -2.44. The van der Waals surface area contributed by atoms with E-state index < -0.39 is 18.2 Å². The summed E-state index contributed by atoms with van der Waals surface area (Å²) in [5.41, 5.74) is 13.7. The third-order valence-corrected chi connectivity index (χ3v) is 22.1. The topological polar surface area (TPSA) is 358 Å². The number of fused-ring (bicyclic) bond motifs is 3. The first-order chi connectivity index (χ1) is 56.7. The number of ether oxygens (including phenoxy) is 4. The molecule has 4 saturated heterocycles. The van der Waals surface area contributed by atoms with Gasteiger partial charge in [-0.2, -0.15) is 0 Å². The van der Waals surface area contributed by atoms with Crippen LogP contribution in [0, 0.1) is 19.7 Å². The number of allylic oxidation sites excluding steroid dienone is 3. The van der Waals surface area contributed by atoms with Crippen LogP contribution >= 0.6 is 0 Å². The summed E-state index contributed by atoms with van der Waals surface area (Å²) in [5, 5.41) is 34.8. The van der Waals surface area contributed by atoms with Gasteiger partial charge in [0.15, 0.2) is 12.1 Å². The molecule has 4 unspecified atom stereocenters. The van der Waals surface area contributed by atoms with Gasteiger partial charge in [-0.3, -0.25) is 52.9 Å². The molecule has 3 aliphatic carbocycles. The lowest BCUT2D eigenvalue weighted by atomic mass is 10.0. The highest BCUT2D eigenvalue weighted by Gasteiger charge is 2.37. The van der Waals surface area contributed by atoms with Crippen LogP contribution in [0.2, 0.25) is 0 Å². The molecule has 7 aliphatic rings. The summed E-state index contributed by atoms with van der Waals surface area (Å²) in [5.74, 6) is 3.21. The number of aryl methyl sites for hydroxylation is 5. The molecule has 3 amide bonds. The zero-order chi connectivity index (χ0) is 82.1. The summed E-state index contributed by atoms with van der Waals surface area (Å²) in [6, 6.07) is 5.40. The van der Waals surface area contributed by atoms with E-state index in [1.54, 1.807) is 90.6 Å².